The van der Waals surface area contributed by atoms with Gasteiger partial charge in [-0.3, -0.25) is 0 Å². The van der Waals surface area contributed by atoms with Gasteiger partial charge in [-0.05, 0) is 88.6 Å². The summed E-state index contributed by atoms with van der Waals surface area (Å²) in [6.07, 6.45) is -0.800. The number of carbonyl (C=O) groups is 2. The van der Waals surface area contributed by atoms with Crippen molar-refractivity contribution in [1.29, 1.82) is 0 Å². The predicted molar refractivity (Wildman–Crippen MR) is 160 cm³/mol. The van der Waals surface area contributed by atoms with Crippen molar-refractivity contribution in [3.05, 3.63) is 58.1 Å². The van der Waals surface area contributed by atoms with E-state index in [0.717, 1.165) is 27.6 Å². The Bertz CT molecular complexity index is 1410. The number of nitrogens with zero attached hydrogens (tertiary/aromatic N) is 3. The molecular weight excluding hydrogens is 551 g/mol. The summed E-state index contributed by atoms with van der Waals surface area (Å²) in [6, 6.07) is 13.6. The van der Waals surface area contributed by atoms with Crippen LogP contribution in [0, 0.1) is 0 Å². The Morgan fingerprint density at radius 2 is 1.48 bits per heavy atom. The number of ether oxygens (including phenoxy) is 2. The average molecular weight is 588 g/mol. The highest BCUT2D eigenvalue weighted by Crippen LogP contribution is 2.32. The minimum Gasteiger partial charge on any atom is -0.444 e. The van der Waals surface area contributed by atoms with Crippen LogP contribution in [0.2, 0.25) is 10.0 Å². The van der Waals surface area contributed by atoms with E-state index in [-0.39, 0.29) is 12.6 Å². The Balaban J connectivity index is 1.48. The number of piperazine rings is 1. The number of anilines is 1. The Kier molecular flexibility index (Phi) is 8.71. The van der Waals surface area contributed by atoms with Crippen LogP contribution in [0.3, 0.4) is 0 Å². The van der Waals surface area contributed by atoms with Crippen LogP contribution in [0.25, 0.3) is 22.0 Å². The normalized spacial score (nSPS) is 14.3. The summed E-state index contributed by atoms with van der Waals surface area (Å²) < 4.78 is 10.8. The second kappa shape index (κ2) is 11.7. The van der Waals surface area contributed by atoms with Crippen LogP contribution in [0.5, 0.6) is 0 Å². The van der Waals surface area contributed by atoms with Gasteiger partial charge in [0.1, 0.15) is 17.0 Å². The molecule has 2 heterocycles. The number of hydrogen-bond acceptors (Lipinski definition) is 6. The van der Waals surface area contributed by atoms with E-state index in [1.807, 2.05) is 84.0 Å². The molecule has 0 aliphatic carbocycles. The van der Waals surface area contributed by atoms with E-state index in [9.17, 15) is 9.59 Å². The average Bonchev–Trinajstić information content (AvgIpc) is 2.85. The molecule has 0 bridgehead atoms. The molecule has 1 fully saturated rings. The van der Waals surface area contributed by atoms with Gasteiger partial charge in [0.05, 0.1) is 10.5 Å². The molecule has 10 heteroatoms. The zero-order chi connectivity index (χ0) is 29.2. The van der Waals surface area contributed by atoms with Crippen LogP contribution >= 0.6 is 23.2 Å². The fourth-order valence-corrected chi connectivity index (χ4v) is 4.80. The topological polar surface area (TPSA) is 84.0 Å². The van der Waals surface area contributed by atoms with E-state index in [2.05, 4.69) is 10.2 Å². The third-order valence-corrected chi connectivity index (χ3v) is 6.83. The van der Waals surface area contributed by atoms with Crippen molar-refractivity contribution in [3.63, 3.8) is 0 Å². The van der Waals surface area contributed by atoms with E-state index in [0.29, 0.717) is 42.0 Å². The van der Waals surface area contributed by atoms with Crippen LogP contribution in [-0.4, -0.2) is 59.5 Å². The van der Waals surface area contributed by atoms with Gasteiger partial charge in [-0.2, -0.15) is 0 Å². The van der Waals surface area contributed by atoms with Gasteiger partial charge in [0.25, 0.3) is 0 Å². The summed E-state index contributed by atoms with van der Waals surface area (Å²) in [7, 11) is 0. The number of rotatable bonds is 4. The van der Waals surface area contributed by atoms with Gasteiger partial charge in [0.2, 0.25) is 0 Å². The van der Waals surface area contributed by atoms with Crippen LogP contribution < -0.4 is 10.2 Å². The lowest BCUT2D eigenvalue weighted by Gasteiger charge is -2.36. The summed E-state index contributed by atoms with van der Waals surface area (Å²) in [5.74, 6) is 0.702. The second-order valence-corrected chi connectivity index (χ2v) is 12.6. The van der Waals surface area contributed by atoms with Crippen molar-refractivity contribution >= 4 is 52.1 Å². The SMILES string of the molecule is CC(C)(C)OC(=O)NCc1cc(-c2ccc3nc(N4CCN(C(=O)OC(C)(C)C)CC4)c(Cl)cc3c2)ccc1Cl. The third kappa shape index (κ3) is 7.70. The number of aromatic nitrogens is 1. The first-order valence-electron chi connectivity index (χ1n) is 13.3. The van der Waals surface area contributed by atoms with Gasteiger partial charge >= 0.3 is 12.2 Å². The second-order valence-electron chi connectivity index (χ2n) is 11.8. The zero-order valence-corrected chi connectivity index (χ0v) is 25.3. The standard InChI is InChI=1S/C30H36Cl2N4O4/c1-29(2,3)39-27(37)33-18-22-16-19(7-9-23(22)31)20-8-10-25-21(15-20)17-24(32)26(34-25)35-11-13-36(14-12-35)28(38)40-30(4,5)6/h7-10,15-17H,11-14,18H2,1-6H3,(H,33,37). The summed E-state index contributed by atoms with van der Waals surface area (Å²) >= 11 is 13.1. The molecule has 3 aromatic rings. The number of halogens is 2. The summed E-state index contributed by atoms with van der Waals surface area (Å²) in [6.45, 7) is 13.6. The maximum absolute atomic E-state index is 12.4. The molecule has 0 atom stereocenters. The molecule has 40 heavy (non-hydrogen) atoms. The molecule has 1 N–H and O–H groups in total. The minimum absolute atomic E-state index is 0.243. The van der Waals surface area contributed by atoms with Gasteiger partial charge in [0, 0.05) is 43.1 Å². The summed E-state index contributed by atoms with van der Waals surface area (Å²) in [5, 5.41) is 4.77. The Hall–Kier alpha value is -3.23. The number of alkyl carbamates (subject to hydrolysis) is 1. The van der Waals surface area contributed by atoms with Crippen LogP contribution in [-0.2, 0) is 16.0 Å². The fourth-order valence-electron chi connectivity index (χ4n) is 4.34. The Labute approximate surface area is 245 Å². The van der Waals surface area contributed by atoms with Crippen molar-refractivity contribution < 1.29 is 19.1 Å². The lowest BCUT2D eigenvalue weighted by atomic mass is 10.0. The maximum atomic E-state index is 12.4. The molecule has 2 amide bonds. The van der Waals surface area contributed by atoms with Gasteiger partial charge in [-0.15, -0.1) is 0 Å². The molecule has 1 aromatic heterocycles. The molecule has 2 aromatic carbocycles. The van der Waals surface area contributed by atoms with Gasteiger partial charge in [0.15, 0.2) is 0 Å². The monoisotopic (exact) mass is 586 g/mol. The first kappa shape index (κ1) is 29.7. The number of nitrogens with one attached hydrogen (secondary N) is 1. The Morgan fingerprint density at radius 3 is 2.12 bits per heavy atom. The predicted octanol–water partition coefficient (Wildman–Crippen LogP) is 7.29. The maximum Gasteiger partial charge on any atom is 0.410 e. The number of hydrogen-bond donors (Lipinski definition) is 1. The highest BCUT2D eigenvalue weighted by atomic mass is 35.5. The lowest BCUT2D eigenvalue weighted by molar-refractivity contribution is 0.0240. The third-order valence-electron chi connectivity index (χ3n) is 6.18. The largest absolute Gasteiger partial charge is 0.444 e. The van der Waals surface area contributed by atoms with Crippen LogP contribution in [0.4, 0.5) is 15.4 Å². The first-order chi connectivity index (χ1) is 18.7. The highest BCUT2D eigenvalue weighted by molar-refractivity contribution is 6.33. The quantitative estimate of drug-likeness (QED) is 0.345. The smallest absolute Gasteiger partial charge is 0.410 e. The van der Waals surface area contributed by atoms with Crippen molar-refractivity contribution in [3.8, 4) is 11.1 Å². The molecular formula is C30H36Cl2N4O4. The molecule has 0 radical (unpaired) electrons. The molecule has 4 rings (SSSR count). The van der Waals surface area contributed by atoms with E-state index in [4.69, 9.17) is 37.7 Å². The van der Waals surface area contributed by atoms with Crippen molar-refractivity contribution in [2.45, 2.75) is 59.3 Å². The molecule has 1 saturated heterocycles. The van der Waals surface area contributed by atoms with Crippen molar-refractivity contribution in [2.24, 2.45) is 0 Å². The van der Waals surface area contributed by atoms with E-state index >= 15 is 0 Å². The Morgan fingerprint density at radius 1 is 0.850 bits per heavy atom. The van der Waals surface area contributed by atoms with Crippen LogP contribution in [0.15, 0.2) is 42.5 Å². The minimum atomic E-state index is -0.579. The molecule has 214 valence electrons. The first-order valence-corrected chi connectivity index (χ1v) is 14.0. The van der Waals surface area contributed by atoms with Gasteiger partial charge in [-0.25, -0.2) is 14.6 Å². The molecule has 0 spiro atoms. The fraction of sp³-hybridized carbons (Fsp3) is 0.433. The van der Waals surface area contributed by atoms with Gasteiger partial charge < -0.3 is 24.6 Å². The van der Waals surface area contributed by atoms with E-state index in [1.54, 1.807) is 4.90 Å². The van der Waals surface area contributed by atoms with Gasteiger partial charge in [-0.1, -0.05) is 35.3 Å². The number of carbonyl (C=O) groups excluding carboxylic acids is 2. The summed E-state index contributed by atoms with van der Waals surface area (Å²) in [4.78, 5) is 33.2. The highest BCUT2D eigenvalue weighted by Gasteiger charge is 2.27. The van der Waals surface area contributed by atoms with Crippen LogP contribution in [0.1, 0.15) is 47.1 Å². The number of amides is 2. The molecule has 1 aliphatic heterocycles. The number of benzene rings is 2. The lowest BCUT2D eigenvalue weighted by Crippen LogP contribution is -2.50. The number of pyridine rings is 1. The molecule has 8 nitrogen and oxygen atoms in total. The molecule has 0 unspecified atom stereocenters. The molecule has 1 aliphatic rings. The number of fused-ring (bicyclic) bond motifs is 1. The summed E-state index contributed by atoms with van der Waals surface area (Å²) in [5.41, 5.74) is 2.41. The molecule has 0 saturated carbocycles. The van der Waals surface area contributed by atoms with E-state index < -0.39 is 17.3 Å². The van der Waals surface area contributed by atoms with Crippen molar-refractivity contribution in [2.75, 3.05) is 31.1 Å². The zero-order valence-electron chi connectivity index (χ0n) is 23.8. The van der Waals surface area contributed by atoms with E-state index in [1.165, 1.54) is 0 Å². The van der Waals surface area contributed by atoms with Crippen molar-refractivity contribution in [1.82, 2.24) is 15.2 Å².